The van der Waals surface area contributed by atoms with Gasteiger partial charge in [-0.3, -0.25) is 4.79 Å². The van der Waals surface area contributed by atoms with Crippen molar-refractivity contribution in [2.24, 2.45) is 5.10 Å². The summed E-state index contributed by atoms with van der Waals surface area (Å²) in [6, 6.07) is 26.8. The zero-order valence-electron chi connectivity index (χ0n) is 15.2. The zero-order chi connectivity index (χ0) is 20.1. The van der Waals surface area contributed by atoms with Crippen LogP contribution in [0.2, 0.25) is 0 Å². The van der Waals surface area contributed by atoms with E-state index in [4.69, 9.17) is 0 Å². The van der Waals surface area contributed by atoms with Crippen LogP contribution in [-0.4, -0.2) is 26.9 Å². The van der Waals surface area contributed by atoms with Gasteiger partial charge in [0.25, 0.3) is 0 Å². The Hall–Kier alpha value is -3.58. The molecule has 1 amide bonds. The van der Waals surface area contributed by atoms with E-state index in [1.807, 2.05) is 84.9 Å². The first-order chi connectivity index (χ1) is 14.2. The number of halogens is 1. The van der Waals surface area contributed by atoms with Crippen LogP contribution in [-0.2, 0) is 0 Å². The smallest absolute Gasteiger partial charge is 0.264 e. The van der Waals surface area contributed by atoms with Crippen molar-refractivity contribution in [3.63, 3.8) is 0 Å². The minimum Gasteiger partial charge on any atom is -0.264 e. The summed E-state index contributed by atoms with van der Waals surface area (Å²) in [7, 11) is 0. The Morgan fingerprint density at radius 2 is 1.69 bits per heavy atom. The van der Waals surface area contributed by atoms with Gasteiger partial charge >= 0.3 is 5.91 Å². The molecule has 4 aromatic rings. The monoisotopic (exact) mass is 445 g/mol. The van der Waals surface area contributed by atoms with Crippen molar-refractivity contribution in [1.29, 1.82) is 0 Å². The SMILES string of the molecule is O=C(N/N=C/c1cccc(Br)c1)c1nc(-c2ccccc2)n(-c2ccccc2)n1. The van der Waals surface area contributed by atoms with Crippen molar-refractivity contribution in [3.8, 4) is 17.1 Å². The molecule has 1 heterocycles. The second-order valence-electron chi connectivity index (χ2n) is 6.13. The molecule has 0 bridgehead atoms. The van der Waals surface area contributed by atoms with E-state index in [0.717, 1.165) is 21.3 Å². The first-order valence-electron chi connectivity index (χ1n) is 8.87. The molecule has 0 atom stereocenters. The van der Waals surface area contributed by atoms with Crippen molar-refractivity contribution in [1.82, 2.24) is 20.2 Å². The fourth-order valence-electron chi connectivity index (χ4n) is 2.73. The summed E-state index contributed by atoms with van der Waals surface area (Å²) in [5.74, 6) is 0.139. The van der Waals surface area contributed by atoms with Crippen LogP contribution in [0.3, 0.4) is 0 Å². The van der Waals surface area contributed by atoms with E-state index in [1.54, 1.807) is 10.9 Å². The van der Waals surface area contributed by atoms with Crippen LogP contribution in [0.1, 0.15) is 16.2 Å². The van der Waals surface area contributed by atoms with E-state index in [2.05, 4.69) is 36.5 Å². The molecule has 0 fully saturated rings. The van der Waals surface area contributed by atoms with Crippen molar-refractivity contribution in [2.75, 3.05) is 0 Å². The number of carbonyl (C=O) groups is 1. The van der Waals surface area contributed by atoms with Crippen molar-refractivity contribution in [2.45, 2.75) is 0 Å². The van der Waals surface area contributed by atoms with Gasteiger partial charge in [-0.25, -0.2) is 15.1 Å². The largest absolute Gasteiger partial charge is 0.311 e. The molecule has 0 aliphatic rings. The Bertz CT molecular complexity index is 1100. The van der Waals surface area contributed by atoms with Crippen LogP contribution in [0.25, 0.3) is 17.1 Å². The Morgan fingerprint density at radius 3 is 2.41 bits per heavy atom. The van der Waals surface area contributed by atoms with Crippen molar-refractivity contribution < 1.29 is 4.79 Å². The first-order valence-corrected chi connectivity index (χ1v) is 9.67. The highest BCUT2D eigenvalue weighted by Crippen LogP contribution is 2.21. The number of benzene rings is 3. The van der Waals surface area contributed by atoms with Crippen LogP contribution in [0.4, 0.5) is 0 Å². The molecule has 0 unspecified atom stereocenters. The number of rotatable bonds is 5. The lowest BCUT2D eigenvalue weighted by molar-refractivity contribution is 0.0945. The second kappa shape index (κ2) is 8.62. The molecule has 4 rings (SSSR count). The van der Waals surface area contributed by atoms with Gasteiger partial charge in [-0.05, 0) is 29.8 Å². The molecule has 0 radical (unpaired) electrons. The van der Waals surface area contributed by atoms with Gasteiger partial charge in [-0.2, -0.15) is 5.10 Å². The van der Waals surface area contributed by atoms with E-state index in [9.17, 15) is 4.79 Å². The number of amides is 1. The average Bonchev–Trinajstić information content (AvgIpc) is 3.21. The molecule has 1 aromatic heterocycles. The number of hydrogen-bond acceptors (Lipinski definition) is 4. The van der Waals surface area contributed by atoms with Gasteiger partial charge in [0.05, 0.1) is 11.9 Å². The third kappa shape index (κ3) is 4.47. The summed E-state index contributed by atoms with van der Waals surface area (Å²) in [6.45, 7) is 0. The van der Waals surface area contributed by atoms with Gasteiger partial charge in [-0.1, -0.05) is 76.6 Å². The van der Waals surface area contributed by atoms with Gasteiger partial charge in [-0.15, -0.1) is 5.10 Å². The highest BCUT2D eigenvalue weighted by molar-refractivity contribution is 9.10. The highest BCUT2D eigenvalue weighted by Gasteiger charge is 2.18. The minimum atomic E-state index is -0.483. The Kier molecular flexibility index (Phi) is 5.58. The van der Waals surface area contributed by atoms with E-state index in [0.29, 0.717) is 5.82 Å². The lowest BCUT2D eigenvalue weighted by Crippen LogP contribution is -2.19. The zero-order valence-corrected chi connectivity index (χ0v) is 16.8. The van der Waals surface area contributed by atoms with E-state index in [1.165, 1.54) is 0 Å². The van der Waals surface area contributed by atoms with Crippen molar-refractivity contribution >= 4 is 28.1 Å². The topological polar surface area (TPSA) is 72.2 Å². The summed E-state index contributed by atoms with van der Waals surface area (Å²) >= 11 is 3.40. The maximum atomic E-state index is 12.6. The Balaban J connectivity index is 1.62. The predicted molar refractivity (Wildman–Crippen MR) is 116 cm³/mol. The fraction of sp³-hybridized carbons (Fsp3) is 0. The van der Waals surface area contributed by atoms with E-state index in [-0.39, 0.29) is 5.82 Å². The number of nitrogens with one attached hydrogen (secondary N) is 1. The summed E-state index contributed by atoms with van der Waals surface area (Å²) in [4.78, 5) is 17.0. The molecular weight excluding hydrogens is 430 g/mol. The molecule has 6 nitrogen and oxygen atoms in total. The van der Waals surface area contributed by atoms with Gasteiger partial charge in [0, 0.05) is 10.0 Å². The molecule has 142 valence electrons. The minimum absolute atomic E-state index is 0.0408. The van der Waals surface area contributed by atoms with Gasteiger partial charge in [0.1, 0.15) is 0 Å². The molecule has 3 aromatic carbocycles. The molecule has 29 heavy (non-hydrogen) atoms. The lowest BCUT2D eigenvalue weighted by atomic mass is 10.2. The predicted octanol–water partition coefficient (Wildman–Crippen LogP) is 4.46. The van der Waals surface area contributed by atoms with Crippen LogP contribution in [0, 0.1) is 0 Å². The Morgan fingerprint density at radius 1 is 0.966 bits per heavy atom. The summed E-state index contributed by atoms with van der Waals surface area (Å²) < 4.78 is 2.59. The number of aromatic nitrogens is 3. The summed E-state index contributed by atoms with van der Waals surface area (Å²) in [6.07, 6.45) is 1.56. The lowest BCUT2D eigenvalue weighted by Gasteiger charge is -2.05. The first kappa shape index (κ1) is 18.8. The number of hydrazone groups is 1. The third-order valence-electron chi connectivity index (χ3n) is 4.07. The maximum absolute atomic E-state index is 12.6. The molecule has 0 aliphatic heterocycles. The maximum Gasteiger partial charge on any atom is 0.311 e. The summed E-state index contributed by atoms with van der Waals surface area (Å²) in [5, 5.41) is 8.42. The summed E-state index contributed by atoms with van der Waals surface area (Å²) in [5.41, 5.74) is 5.02. The number of carbonyl (C=O) groups excluding carboxylic acids is 1. The number of hydrogen-bond donors (Lipinski definition) is 1. The molecular formula is C22H16BrN5O. The fourth-order valence-corrected chi connectivity index (χ4v) is 3.15. The molecule has 0 saturated carbocycles. The van der Waals surface area contributed by atoms with Gasteiger partial charge in [0.15, 0.2) is 5.82 Å². The molecule has 7 heteroatoms. The van der Waals surface area contributed by atoms with Crippen LogP contribution in [0.15, 0.2) is 94.5 Å². The Labute approximate surface area is 176 Å². The second-order valence-corrected chi connectivity index (χ2v) is 7.04. The van der Waals surface area contributed by atoms with Crippen LogP contribution in [0.5, 0.6) is 0 Å². The van der Waals surface area contributed by atoms with Crippen molar-refractivity contribution in [3.05, 3.63) is 101 Å². The van der Waals surface area contributed by atoms with Crippen LogP contribution < -0.4 is 5.43 Å². The number of para-hydroxylation sites is 1. The highest BCUT2D eigenvalue weighted by atomic mass is 79.9. The van der Waals surface area contributed by atoms with Gasteiger partial charge in [0.2, 0.25) is 5.82 Å². The normalized spacial score (nSPS) is 10.9. The van der Waals surface area contributed by atoms with E-state index >= 15 is 0 Å². The molecule has 0 saturated heterocycles. The van der Waals surface area contributed by atoms with Crippen LogP contribution >= 0.6 is 15.9 Å². The molecule has 1 N–H and O–H groups in total. The molecule has 0 aliphatic carbocycles. The number of nitrogens with zero attached hydrogens (tertiary/aromatic N) is 4. The average molecular weight is 446 g/mol. The quantitative estimate of drug-likeness (QED) is 0.364. The molecule has 0 spiro atoms. The standard InChI is InChI=1S/C22H16BrN5O/c23-18-11-7-8-16(14-18)15-24-26-22(29)20-25-21(17-9-3-1-4-10-17)28(27-20)19-12-5-2-6-13-19/h1-15H,(H,26,29)/b24-15+. The van der Waals surface area contributed by atoms with E-state index < -0.39 is 5.91 Å². The van der Waals surface area contributed by atoms with Gasteiger partial charge < -0.3 is 0 Å². The third-order valence-corrected chi connectivity index (χ3v) is 4.56.